The van der Waals surface area contributed by atoms with E-state index in [4.69, 9.17) is 0 Å². The molecule has 176 valence electrons. The summed E-state index contributed by atoms with van der Waals surface area (Å²) in [6.07, 6.45) is 5.55. The minimum Gasteiger partial charge on any atom is -0.335 e. The third-order valence-corrected chi connectivity index (χ3v) is 8.76. The van der Waals surface area contributed by atoms with E-state index in [1.54, 1.807) is 10.6 Å². The highest BCUT2D eigenvalue weighted by Gasteiger charge is 2.44. The zero-order valence-electron chi connectivity index (χ0n) is 18.6. The Labute approximate surface area is 191 Å². The number of carbonyl (C=O) groups excluding carboxylic acids is 1. The molecule has 9 nitrogen and oxygen atoms in total. The molecule has 33 heavy (non-hydrogen) atoms. The fourth-order valence-corrected chi connectivity index (χ4v) is 6.10. The average Bonchev–Trinajstić information content (AvgIpc) is 3.69. The van der Waals surface area contributed by atoms with Crippen LogP contribution in [0.1, 0.15) is 45.1 Å². The molecule has 0 unspecified atom stereocenters. The maximum absolute atomic E-state index is 13.4. The van der Waals surface area contributed by atoms with Crippen LogP contribution in [0.5, 0.6) is 0 Å². The van der Waals surface area contributed by atoms with Crippen LogP contribution in [0.25, 0.3) is 10.9 Å². The van der Waals surface area contributed by atoms with E-state index in [1.807, 2.05) is 6.92 Å². The van der Waals surface area contributed by atoms with Crippen LogP contribution in [-0.4, -0.2) is 47.0 Å². The number of likely N-dealkylation sites (tertiary alicyclic amines) is 1. The van der Waals surface area contributed by atoms with Gasteiger partial charge in [0.15, 0.2) is 0 Å². The standard InChI is InChI=1S/C23H28N4O5S/c1-3-20(28)25-13-16(14-25)27-21(29)18-11-17(33(31,32)24-23(4-2)9-10-23)7-8-19(18)26(22(27)30)12-15-5-6-15/h3,7-8,11,15-16,24H,1,4-6,9-10,12-14H2,2H3. The molecule has 10 heteroatoms. The predicted octanol–water partition coefficient (Wildman–Crippen LogP) is 1.36. The van der Waals surface area contributed by atoms with Gasteiger partial charge in [0.05, 0.1) is 21.8 Å². The molecule has 2 aromatic rings. The first-order valence-corrected chi connectivity index (χ1v) is 12.9. The summed E-state index contributed by atoms with van der Waals surface area (Å²) in [5.74, 6) is 0.129. The van der Waals surface area contributed by atoms with Crippen LogP contribution >= 0.6 is 0 Å². The number of nitrogens with zero attached hydrogens (tertiary/aromatic N) is 3. The van der Waals surface area contributed by atoms with Gasteiger partial charge in [-0.1, -0.05) is 13.5 Å². The van der Waals surface area contributed by atoms with E-state index in [9.17, 15) is 22.8 Å². The van der Waals surface area contributed by atoms with Crippen molar-refractivity contribution < 1.29 is 13.2 Å². The molecule has 2 heterocycles. The van der Waals surface area contributed by atoms with Crippen LogP contribution in [-0.2, 0) is 21.4 Å². The van der Waals surface area contributed by atoms with Gasteiger partial charge in [-0.05, 0) is 62.3 Å². The highest BCUT2D eigenvalue weighted by Crippen LogP contribution is 2.40. The van der Waals surface area contributed by atoms with Crippen LogP contribution in [0.15, 0.2) is 45.3 Å². The van der Waals surface area contributed by atoms with Crippen LogP contribution < -0.4 is 16.0 Å². The van der Waals surface area contributed by atoms with Crippen molar-refractivity contribution in [3.05, 3.63) is 51.7 Å². The molecule has 1 aromatic heterocycles. The van der Waals surface area contributed by atoms with Gasteiger partial charge >= 0.3 is 5.69 Å². The Balaban J connectivity index is 1.60. The highest BCUT2D eigenvalue weighted by molar-refractivity contribution is 7.89. The second-order valence-corrected chi connectivity index (χ2v) is 11.2. The molecule has 3 fully saturated rings. The molecule has 1 amide bonds. The van der Waals surface area contributed by atoms with Crippen molar-refractivity contribution in [1.29, 1.82) is 0 Å². The van der Waals surface area contributed by atoms with Gasteiger partial charge in [-0.25, -0.2) is 17.9 Å². The zero-order valence-corrected chi connectivity index (χ0v) is 19.4. The molecular formula is C23H28N4O5S. The van der Waals surface area contributed by atoms with Gasteiger partial charge in [-0.15, -0.1) is 0 Å². The van der Waals surface area contributed by atoms with Gasteiger partial charge in [0, 0.05) is 25.2 Å². The molecule has 0 atom stereocenters. The number of hydrogen-bond acceptors (Lipinski definition) is 5. The lowest BCUT2D eigenvalue weighted by molar-refractivity contribution is -0.131. The smallest absolute Gasteiger partial charge is 0.331 e. The Morgan fingerprint density at radius 1 is 1.24 bits per heavy atom. The van der Waals surface area contributed by atoms with Gasteiger partial charge in [-0.2, -0.15) is 0 Å². The van der Waals surface area contributed by atoms with Crippen LogP contribution in [0.4, 0.5) is 0 Å². The summed E-state index contributed by atoms with van der Waals surface area (Å²) in [5, 5.41) is 0.202. The summed E-state index contributed by atoms with van der Waals surface area (Å²) in [4.78, 5) is 40.1. The van der Waals surface area contributed by atoms with Crippen LogP contribution in [0.3, 0.4) is 0 Å². The topological polar surface area (TPSA) is 110 Å². The number of carbonyl (C=O) groups is 1. The highest BCUT2D eigenvalue weighted by atomic mass is 32.2. The van der Waals surface area contributed by atoms with Crippen LogP contribution in [0.2, 0.25) is 0 Å². The van der Waals surface area contributed by atoms with E-state index in [1.165, 1.54) is 27.7 Å². The summed E-state index contributed by atoms with van der Waals surface area (Å²) in [7, 11) is -3.81. The van der Waals surface area contributed by atoms with Crippen molar-refractivity contribution in [2.75, 3.05) is 13.1 Å². The Morgan fingerprint density at radius 3 is 2.52 bits per heavy atom. The molecule has 0 radical (unpaired) electrons. The van der Waals surface area contributed by atoms with E-state index in [0.29, 0.717) is 24.4 Å². The molecule has 1 N–H and O–H groups in total. The number of benzene rings is 1. The molecule has 0 bridgehead atoms. The normalized spacial score (nSPS) is 20.0. The third-order valence-electron chi connectivity index (χ3n) is 7.19. The van der Waals surface area contributed by atoms with E-state index in [-0.39, 0.29) is 29.3 Å². The van der Waals surface area contributed by atoms with Gasteiger partial charge < -0.3 is 4.90 Å². The summed E-state index contributed by atoms with van der Waals surface area (Å²) < 4.78 is 31.6. The van der Waals surface area contributed by atoms with Gasteiger partial charge in [-0.3, -0.25) is 18.7 Å². The molecule has 2 aliphatic carbocycles. The molecule has 1 aromatic carbocycles. The number of aromatic nitrogens is 2. The molecule has 5 rings (SSSR count). The van der Waals surface area contributed by atoms with E-state index < -0.39 is 32.9 Å². The summed E-state index contributed by atoms with van der Waals surface area (Å²) in [6.45, 7) is 6.39. The van der Waals surface area contributed by atoms with Crippen molar-refractivity contribution in [3.63, 3.8) is 0 Å². The molecule has 1 saturated heterocycles. The number of hydrogen-bond donors (Lipinski definition) is 1. The first kappa shape index (κ1) is 22.1. The second kappa shape index (κ2) is 7.66. The lowest BCUT2D eigenvalue weighted by Crippen LogP contribution is -2.56. The second-order valence-electron chi connectivity index (χ2n) is 9.53. The monoisotopic (exact) mass is 472 g/mol. The van der Waals surface area contributed by atoms with E-state index in [2.05, 4.69) is 11.3 Å². The minimum absolute atomic E-state index is 0.0204. The lowest BCUT2D eigenvalue weighted by Gasteiger charge is -2.39. The lowest BCUT2D eigenvalue weighted by atomic mass is 10.1. The Hall–Kier alpha value is -2.72. The van der Waals surface area contributed by atoms with Crippen molar-refractivity contribution >= 4 is 26.8 Å². The Bertz CT molecular complexity index is 1380. The Morgan fingerprint density at radius 2 is 1.94 bits per heavy atom. The summed E-state index contributed by atoms with van der Waals surface area (Å²) in [5.41, 5.74) is -0.883. The fourth-order valence-electron chi connectivity index (χ4n) is 4.55. The zero-order chi connectivity index (χ0) is 23.5. The van der Waals surface area contributed by atoms with Gasteiger partial charge in [0.1, 0.15) is 0 Å². The van der Waals surface area contributed by atoms with Crippen molar-refractivity contribution in [2.24, 2.45) is 5.92 Å². The molecule has 1 aliphatic heterocycles. The number of amides is 1. The number of rotatable bonds is 8. The third kappa shape index (κ3) is 3.85. The fraction of sp³-hybridized carbons (Fsp3) is 0.522. The maximum atomic E-state index is 13.4. The quantitative estimate of drug-likeness (QED) is 0.584. The number of sulfonamides is 1. The first-order chi connectivity index (χ1) is 15.7. The van der Waals surface area contributed by atoms with Crippen molar-refractivity contribution in [1.82, 2.24) is 18.8 Å². The molecule has 0 spiro atoms. The summed E-state index contributed by atoms with van der Waals surface area (Å²) >= 11 is 0. The predicted molar refractivity (Wildman–Crippen MR) is 124 cm³/mol. The summed E-state index contributed by atoms with van der Waals surface area (Å²) in [6, 6.07) is 3.98. The molecular weight excluding hydrogens is 444 g/mol. The minimum atomic E-state index is -3.81. The molecule has 2 saturated carbocycles. The first-order valence-electron chi connectivity index (χ1n) is 11.4. The van der Waals surface area contributed by atoms with Gasteiger partial charge in [0.25, 0.3) is 5.56 Å². The average molecular weight is 473 g/mol. The SMILES string of the molecule is C=CC(=O)N1CC(n2c(=O)c3cc(S(=O)(=O)NC4(CC)CC4)ccc3n(CC3CC3)c2=O)C1. The van der Waals surface area contributed by atoms with E-state index >= 15 is 0 Å². The van der Waals surface area contributed by atoms with Crippen molar-refractivity contribution in [3.8, 4) is 0 Å². The maximum Gasteiger partial charge on any atom is 0.331 e. The molecule has 3 aliphatic rings. The van der Waals surface area contributed by atoms with E-state index in [0.717, 1.165) is 25.7 Å². The Kier molecular flexibility index (Phi) is 5.13. The van der Waals surface area contributed by atoms with Gasteiger partial charge in [0.2, 0.25) is 15.9 Å². The van der Waals surface area contributed by atoms with Crippen molar-refractivity contribution in [2.45, 2.75) is 62.0 Å². The number of fused-ring (bicyclic) bond motifs is 1. The largest absolute Gasteiger partial charge is 0.335 e. The van der Waals surface area contributed by atoms with Crippen LogP contribution in [0, 0.1) is 5.92 Å². The number of nitrogens with one attached hydrogen (secondary N) is 1.